The van der Waals surface area contributed by atoms with E-state index in [2.05, 4.69) is 27.6 Å². The number of benzene rings is 1. The molecule has 1 atom stereocenters. The first kappa shape index (κ1) is 21.0. The molecule has 0 spiro atoms. The van der Waals surface area contributed by atoms with Crippen LogP contribution in [-0.2, 0) is 16.4 Å². The van der Waals surface area contributed by atoms with Crippen molar-refractivity contribution >= 4 is 15.8 Å². The van der Waals surface area contributed by atoms with E-state index in [0.717, 1.165) is 22.6 Å². The van der Waals surface area contributed by atoms with Gasteiger partial charge in [-0.05, 0) is 39.3 Å². The Morgan fingerprint density at radius 2 is 1.93 bits per heavy atom. The average molecular weight is 392 g/mol. The Hall–Kier alpha value is -2.35. The molecule has 0 fully saturated rings. The van der Waals surface area contributed by atoms with Crippen LogP contribution < -0.4 is 10.6 Å². The zero-order chi connectivity index (χ0) is 20.0. The Balaban J connectivity index is 2.02. The number of rotatable bonds is 7. The molecule has 2 rings (SSSR count). The third-order valence-corrected chi connectivity index (χ3v) is 5.38. The van der Waals surface area contributed by atoms with Gasteiger partial charge in [0.2, 0.25) is 0 Å². The fraction of sp³-hybridized carbons (Fsp3) is 0.474. The number of hydrogen-bond acceptors (Lipinski definition) is 4. The highest BCUT2D eigenvalue weighted by molar-refractivity contribution is 7.90. The van der Waals surface area contributed by atoms with E-state index in [4.69, 9.17) is 0 Å². The maximum Gasteiger partial charge on any atom is 0.191 e. The van der Waals surface area contributed by atoms with Gasteiger partial charge in [-0.15, -0.1) is 0 Å². The van der Waals surface area contributed by atoms with Gasteiger partial charge in [0.05, 0.1) is 17.1 Å². The molecule has 0 aliphatic heterocycles. The van der Waals surface area contributed by atoms with Crippen molar-refractivity contribution in [2.75, 3.05) is 19.1 Å². The van der Waals surface area contributed by atoms with Crippen LogP contribution in [0.5, 0.6) is 0 Å². The largest absolute Gasteiger partial charge is 0.354 e. The van der Waals surface area contributed by atoms with Gasteiger partial charge >= 0.3 is 0 Å². The minimum absolute atomic E-state index is 0.000149. The Morgan fingerprint density at radius 1 is 1.26 bits per heavy atom. The Bertz CT molecular complexity index is 888. The van der Waals surface area contributed by atoms with E-state index in [9.17, 15) is 8.42 Å². The second-order valence-electron chi connectivity index (χ2n) is 6.79. The molecule has 1 unspecified atom stereocenters. The van der Waals surface area contributed by atoms with Crippen molar-refractivity contribution in [2.24, 2.45) is 4.99 Å². The van der Waals surface area contributed by atoms with E-state index in [0.29, 0.717) is 18.9 Å². The van der Waals surface area contributed by atoms with Gasteiger partial charge in [0.1, 0.15) is 9.84 Å². The van der Waals surface area contributed by atoms with Crippen LogP contribution in [0.15, 0.2) is 35.3 Å². The van der Waals surface area contributed by atoms with Crippen LogP contribution in [0.1, 0.15) is 30.3 Å². The summed E-state index contributed by atoms with van der Waals surface area (Å²) in [4.78, 5) is 4.23. The maximum absolute atomic E-state index is 11.3. The lowest BCUT2D eigenvalue weighted by atomic mass is 10.2. The van der Waals surface area contributed by atoms with Crippen LogP contribution in [0.2, 0.25) is 0 Å². The fourth-order valence-corrected chi connectivity index (χ4v) is 3.60. The third kappa shape index (κ3) is 6.09. The molecule has 1 aromatic carbocycles. The van der Waals surface area contributed by atoms with Gasteiger partial charge in [0.15, 0.2) is 5.96 Å². The average Bonchev–Trinajstić information content (AvgIpc) is 2.91. The summed E-state index contributed by atoms with van der Waals surface area (Å²) < 4.78 is 24.6. The number of sulfone groups is 1. The van der Waals surface area contributed by atoms with Crippen molar-refractivity contribution in [2.45, 2.75) is 39.8 Å². The summed E-state index contributed by atoms with van der Waals surface area (Å²) in [6.07, 6.45) is 1.78. The summed E-state index contributed by atoms with van der Waals surface area (Å²) in [7, 11) is -1.26. The first-order valence-electron chi connectivity index (χ1n) is 8.96. The van der Waals surface area contributed by atoms with Crippen molar-refractivity contribution in [3.8, 4) is 5.69 Å². The van der Waals surface area contributed by atoms with Crippen molar-refractivity contribution in [1.29, 1.82) is 0 Å². The van der Waals surface area contributed by atoms with Crippen molar-refractivity contribution < 1.29 is 8.42 Å². The molecule has 1 heterocycles. The fourth-order valence-electron chi connectivity index (χ4n) is 2.81. The van der Waals surface area contributed by atoms with E-state index in [1.165, 1.54) is 6.26 Å². The lowest BCUT2D eigenvalue weighted by Crippen LogP contribution is -2.42. The van der Waals surface area contributed by atoms with Gasteiger partial charge in [-0.3, -0.25) is 4.99 Å². The van der Waals surface area contributed by atoms with Crippen molar-refractivity contribution in [1.82, 2.24) is 20.4 Å². The first-order valence-corrected chi connectivity index (χ1v) is 11.0. The molecule has 2 N–H and O–H groups in total. The van der Waals surface area contributed by atoms with E-state index in [-0.39, 0.29) is 11.8 Å². The molecule has 8 heteroatoms. The third-order valence-electron chi connectivity index (χ3n) is 4.40. The Morgan fingerprint density at radius 3 is 2.52 bits per heavy atom. The molecule has 1 aromatic heterocycles. The van der Waals surface area contributed by atoms with Crippen LogP contribution >= 0.6 is 0 Å². The molecule has 0 aliphatic rings. The van der Waals surface area contributed by atoms with Gasteiger partial charge in [0.25, 0.3) is 0 Å². The minimum Gasteiger partial charge on any atom is -0.354 e. The second kappa shape index (κ2) is 9.03. The SMILES string of the molecule is CN=C(NCc1c(C)nn(-c2ccccc2)c1C)NC(C)CCS(C)(=O)=O. The molecule has 27 heavy (non-hydrogen) atoms. The molecule has 0 bridgehead atoms. The molecular weight excluding hydrogens is 362 g/mol. The van der Waals surface area contributed by atoms with Crippen LogP contribution in [0.25, 0.3) is 5.69 Å². The van der Waals surface area contributed by atoms with Crippen LogP contribution in [0, 0.1) is 13.8 Å². The Kier molecular flexibility index (Phi) is 7.01. The number of aryl methyl sites for hydroxylation is 1. The number of guanidine groups is 1. The molecule has 2 aromatic rings. The van der Waals surface area contributed by atoms with Gasteiger partial charge in [-0.2, -0.15) is 5.10 Å². The van der Waals surface area contributed by atoms with E-state index < -0.39 is 9.84 Å². The number of para-hydroxylation sites is 1. The summed E-state index contributed by atoms with van der Waals surface area (Å²) in [6, 6.07) is 10.0. The number of nitrogens with one attached hydrogen (secondary N) is 2. The normalized spacial score (nSPS) is 13.4. The zero-order valence-corrected chi connectivity index (χ0v) is 17.5. The summed E-state index contributed by atoms with van der Waals surface area (Å²) in [5.74, 6) is 0.794. The molecule has 0 radical (unpaired) electrons. The standard InChI is InChI=1S/C19H29N5O2S/c1-14(11-12-27(5,25)26)22-19(20-4)21-13-18-15(2)23-24(16(18)3)17-9-7-6-8-10-17/h6-10,14H,11-13H2,1-5H3,(H2,20,21,22). The molecule has 148 valence electrons. The quantitative estimate of drug-likeness (QED) is 0.557. The van der Waals surface area contributed by atoms with Crippen LogP contribution in [0.3, 0.4) is 0 Å². The van der Waals surface area contributed by atoms with Crippen LogP contribution in [-0.4, -0.2) is 49.3 Å². The van der Waals surface area contributed by atoms with Gasteiger partial charge < -0.3 is 10.6 Å². The monoisotopic (exact) mass is 391 g/mol. The second-order valence-corrected chi connectivity index (χ2v) is 9.05. The summed E-state index contributed by atoms with van der Waals surface area (Å²) in [5.41, 5.74) is 4.18. The topological polar surface area (TPSA) is 88.4 Å². The summed E-state index contributed by atoms with van der Waals surface area (Å²) in [6.45, 7) is 6.58. The number of aliphatic imine (C=N–C) groups is 1. The van der Waals surface area contributed by atoms with Gasteiger partial charge in [-0.25, -0.2) is 13.1 Å². The highest BCUT2D eigenvalue weighted by Gasteiger charge is 2.14. The Labute approximate surface area is 161 Å². The molecular formula is C19H29N5O2S. The minimum atomic E-state index is -2.96. The van der Waals surface area contributed by atoms with E-state index in [1.807, 2.05) is 48.9 Å². The number of hydrogen-bond donors (Lipinski definition) is 2. The lowest BCUT2D eigenvalue weighted by Gasteiger charge is -2.17. The first-order chi connectivity index (χ1) is 12.7. The highest BCUT2D eigenvalue weighted by atomic mass is 32.2. The van der Waals surface area contributed by atoms with Crippen LogP contribution in [0.4, 0.5) is 0 Å². The number of aromatic nitrogens is 2. The van der Waals surface area contributed by atoms with Gasteiger partial charge in [-0.1, -0.05) is 18.2 Å². The highest BCUT2D eigenvalue weighted by Crippen LogP contribution is 2.17. The summed E-state index contributed by atoms with van der Waals surface area (Å²) in [5, 5.41) is 11.2. The van der Waals surface area contributed by atoms with Gasteiger partial charge in [0, 0.05) is 37.1 Å². The predicted molar refractivity (Wildman–Crippen MR) is 110 cm³/mol. The van der Waals surface area contributed by atoms with E-state index in [1.54, 1.807) is 7.05 Å². The maximum atomic E-state index is 11.3. The molecule has 7 nitrogen and oxygen atoms in total. The predicted octanol–water partition coefficient (Wildman–Crippen LogP) is 1.98. The van der Waals surface area contributed by atoms with Crippen molar-refractivity contribution in [3.63, 3.8) is 0 Å². The molecule has 0 amide bonds. The van der Waals surface area contributed by atoms with E-state index >= 15 is 0 Å². The molecule has 0 saturated carbocycles. The smallest absolute Gasteiger partial charge is 0.191 e. The molecule has 0 saturated heterocycles. The lowest BCUT2D eigenvalue weighted by molar-refractivity contribution is 0.581. The molecule has 0 aliphatic carbocycles. The zero-order valence-electron chi connectivity index (χ0n) is 16.7. The number of nitrogens with zero attached hydrogens (tertiary/aromatic N) is 3. The summed E-state index contributed by atoms with van der Waals surface area (Å²) >= 11 is 0. The van der Waals surface area contributed by atoms with Crippen molar-refractivity contribution in [3.05, 3.63) is 47.3 Å².